The summed E-state index contributed by atoms with van der Waals surface area (Å²) in [7, 11) is 0. The molecule has 0 radical (unpaired) electrons. The van der Waals surface area contributed by atoms with E-state index in [9.17, 15) is 19.8 Å². The molecular weight excluding hydrogens is 440 g/mol. The fourth-order valence-electron chi connectivity index (χ4n) is 9.65. The molecule has 5 heteroatoms. The van der Waals surface area contributed by atoms with E-state index in [1.165, 1.54) is 11.8 Å². The zero-order chi connectivity index (χ0) is 25.5. The number of carboxylic acids is 2. The molecule has 0 saturated heterocycles. The Morgan fingerprint density at radius 1 is 1.23 bits per heavy atom. The van der Waals surface area contributed by atoms with Gasteiger partial charge in [0.25, 0.3) is 0 Å². The van der Waals surface area contributed by atoms with Gasteiger partial charge in [0, 0.05) is 18.4 Å². The largest absolute Gasteiger partial charge is 0.481 e. The van der Waals surface area contributed by atoms with Crippen molar-refractivity contribution in [2.24, 2.45) is 39.9 Å². The van der Waals surface area contributed by atoms with Crippen LogP contribution in [0.4, 0.5) is 0 Å². The summed E-state index contributed by atoms with van der Waals surface area (Å²) in [5.41, 5.74) is 3.81. The zero-order valence-electron chi connectivity index (χ0n) is 21.8. The summed E-state index contributed by atoms with van der Waals surface area (Å²) in [6.45, 7) is 15.9. The second kappa shape index (κ2) is 7.85. The van der Waals surface area contributed by atoms with Crippen LogP contribution in [0.2, 0.25) is 0 Å². The number of fused-ring (bicyclic) bond motifs is 7. The van der Waals surface area contributed by atoms with Crippen LogP contribution in [0.5, 0.6) is 0 Å². The van der Waals surface area contributed by atoms with Gasteiger partial charge in [0.05, 0.1) is 0 Å². The Balaban J connectivity index is 1.61. The van der Waals surface area contributed by atoms with Crippen molar-refractivity contribution in [2.45, 2.75) is 85.5 Å². The number of carboxylic acid groups (broad SMARTS) is 2. The highest BCUT2D eigenvalue weighted by molar-refractivity contribution is 5.89. The number of aromatic carboxylic acids is 1. The van der Waals surface area contributed by atoms with Crippen LogP contribution in [0.3, 0.4) is 0 Å². The number of carbonyl (C=O) groups is 2. The van der Waals surface area contributed by atoms with Gasteiger partial charge in [0.1, 0.15) is 17.6 Å². The highest BCUT2D eigenvalue weighted by Crippen LogP contribution is 2.75. The molecule has 5 rings (SSSR count). The van der Waals surface area contributed by atoms with Crippen molar-refractivity contribution in [1.29, 1.82) is 0 Å². The van der Waals surface area contributed by atoms with Crippen LogP contribution in [0.25, 0.3) is 0 Å². The quantitative estimate of drug-likeness (QED) is 0.439. The third-order valence-electron chi connectivity index (χ3n) is 11.3. The molecular formula is C30H40O5. The monoisotopic (exact) mass is 480 g/mol. The van der Waals surface area contributed by atoms with E-state index >= 15 is 0 Å². The van der Waals surface area contributed by atoms with E-state index in [4.69, 9.17) is 4.42 Å². The Labute approximate surface area is 208 Å². The van der Waals surface area contributed by atoms with E-state index in [1.807, 2.05) is 0 Å². The molecule has 8 atom stereocenters. The van der Waals surface area contributed by atoms with E-state index in [2.05, 4.69) is 47.3 Å². The van der Waals surface area contributed by atoms with E-state index in [-0.39, 0.29) is 34.5 Å². The molecule has 4 aliphatic carbocycles. The third kappa shape index (κ3) is 3.18. The Bertz CT molecular complexity index is 1130. The van der Waals surface area contributed by atoms with Crippen LogP contribution in [-0.4, -0.2) is 22.2 Å². The smallest absolute Gasteiger partial charge is 0.339 e. The Hall–Kier alpha value is -2.30. The molecule has 2 saturated carbocycles. The summed E-state index contributed by atoms with van der Waals surface area (Å²) in [5, 5.41) is 19.5. The number of allylic oxidation sites excluding steroid dienone is 3. The van der Waals surface area contributed by atoms with Gasteiger partial charge >= 0.3 is 11.9 Å². The second-order valence-corrected chi connectivity index (χ2v) is 12.8. The van der Waals surface area contributed by atoms with Crippen molar-refractivity contribution in [3.05, 3.63) is 47.0 Å². The Morgan fingerprint density at radius 3 is 2.57 bits per heavy atom. The Kier molecular flexibility index (Phi) is 5.47. The highest BCUT2D eigenvalue weighted by Gasteiger charge is 2.67. The molecule has 4 aliphatic rings. The molecule has 0 amide bonds. The minimum atomic E-state index is -0.895. The second-order valence-electron chi connectivity index (χ2n) is 12.8. The first-order valence-electron chi connectivity index (χ1n) is 13.3. The first kappa shape index (κ1) is 24.4. The van der Waals surface area contributed by atoms with Crippen LogP contribution in [0.15, 0.2) is 34.5 Å². The van der Waals surface area contributed by atoms with Crippen molar-refractivity contribution in [1.82, 2.24) is 0 Å². The van der Waals surface area contributed by atoms with Crippen LogP contribution < -0.4 is 0 Å². The summed E-state index contributed by atoms with van der Waals surface area (Å²) in [5.74, 6) is 0.856. The molecule has 1 aromatic heterocycles. The lowest BCUT2D eigenvalue weighted by Crippen LogP contribution is -2.52. The molecule has 0 bridgehead atoms. The van der Waals surface area contributed by atoms with Crippen molar-refractivity contribution in [3.8, 4) is 0 Å². The van der Waals surface area contributed by atoms with E-state index in [1.54, 1.807) is 0 Å². The van der Waals surface area contributed by atoms with Crippen molar-refractivity contribution in [2.75, 3.05) is 0 Å². The predicted molar refractivity (Wildman–Crippen MR) is 134 cm³/mol. The average Bonchev–Trinajstić information content (AvgIpc) is 3.29. The number of furan rings is 1. The summed E-state index contributed by atoms with van der Waals surface area (Å²) in [4.78, 5) is 23.7. The van der Waals surface area contributed by atoms with Gasteiger partial charge < -0.3 is 14.6 Å². The van der Waals surface area contributed by atoms with Crippen molar-refractivity contribution >= 4 is 11.9 Å². The van der Waals surface area contributed by atoms with Crippen molar-refractivity contribution < 1.29 is 24.2 Å². The standard InChI is InChI=1S/C30H40O5/c1-16(2)20-7-8-22-21(28(20,4)11-10-24(31)32)9-12-29(5)26-17(3)13-23-25(18(26)14-30(22,29)6)19(15-35-23)27(33)34/h8,15,17-18,20-21,26H,1,7,9-14H2,2-6H3,(H,31,32)(H,33,34). The predicted octanol–water partition coefficient (Wildman–Crippen LogP) is 7.09. The molecule has 1 aromatic rings. The minimum Gasteiger partial charge on any atom is -0.481 e. The maximum atomic E-state index is 12.1. The normalized spacial score (nSPS) is 41.7. The Morgan fingerprint density at radius 2 is 1.94 bits per heavy atom. The van der Waals surface area contributed by atoms with Crippen LogP contribution in [-0.2, 0) is 11.2 Å². The van der Waals surface area contributed by atoms with Gasteiger partial charge in [-0.2, -0.15) is 0 Å². The number of hydrogen-bond acceptors (Lipinski definition) is 3. The average molecular weight is 481 g/mol. The topological polar surface area (TPSA) is 87.7 Å². The van der Waals surface area contributed by atoms with Gasteiger partial charge in [0.2, 0.25) is 0 Å². The highest BCUT2D eigenvalue weighted by atomic mass is 16.4. The zero-order valence-corrected chi connectivity index (χ0v) is 21.8. The summed E-state index contributed by atoms with van der Waals surface area (Å²) >= 11 is 0. The SMILES string of the molecule is C=C(C)C1CC=C2C(CCC3(C)C4C(C)Cc5occ(C(=O)O)c5C4CC23C)C1(C)CCC(=O)O. The molecule has 5 nitrogen and oxygen atoms in total. The maximum absolute atomic E-state index is 12.1. The van der Waals surface area contributed by atoms with Gasteiger partial charge in [-0.05, 0) is 84.9 Å². The lowest BCUT2D eigenvalue weighted by Gasteiger charge is -2.60. The number of aliphatic carboxylic acids is 1. The van der Waals surface area contributed by atoms with Gasteiger partial charge in [0.15, 0.2) is 0 Å². The number of hydrogen-bond donors (Lipinski definition) is 2. The van der Waals surface area contributed by atoms with Crippen LogP contribution in [0, 0.1) is 39.9 Å². The molecule has 35 heavy (non-hydrogen) atoms. The number of rotatable bonds is 5. The summed E-state index contributed by atoms with van der Waals surface area (Å²) < 4.78 is 5.82. The molecule has 2 N–H and O–H groups in total. The van der Waals surface area contributed by atoms with Crippen molar-refractivity contribution in [3.63, 3.8) is 0 Å². The van der Waals surface area contributed by atoms with Crippen LogP contribution >= 0.6 is 0 Å². The van der Waals surface area contributed by atoms with E-state index in [0.717, 1.165) is 49.0 Å². The van der Waals surface area contributed by atoms with Gasteiger partial charge in [-0.1, -0.05) is 51.5 Å². The maximum Gasteiger partial charge on any atom is 0.339 e. The van der Waals surface area contributed by atoms with Gasteiger partial charge in [-0.25, -0.2) is 4.79 Å². The summed E-state index contributed by atoms with van der Waals surface area (Å²) in [6.07, 6.45) is 9.54. The molecule has 0 aromatic carbocycles. The molecule has 1 heterocycles. The fourth-order valence-corrected chi connectivity index (χ4v) is 9.65. The molecule has 8 unspecified atom stereocenters. The summed E-state index contributed by atoms with van der Waals surface area (Å²) in [6, 6.07) is 0. The molecule has 190 valence electrons. The van der Waals surface area contributed by atoms with Gasteiger partial charge in [-0.3, -0.25) is 4.79 Å². The first-order valence-corrected chi connectivity index (χ1v) is 13.3. The van der Waals surface area contributed by atoms with E-state index in [0.29, 0.717) is 29.7 Å². The molecule has 0 spiro atoms. The lowest BCUT2D eigenvalue weighted by atomic mass is 9.44. The fraction of sp³-hybridized carbons (Fsp3) is 0.667. The third-order valence-corrected chi connectivity index (χ3v) is 11.3. The lowest BCUT2D eigenvalue weighted by molar-refractivity contribution is -0.138. The van der Waals surface area contributed by atoms with E-state index < -0.39 is 11.9 Å². The minimum absolute atomic E-state index is 0.0569. The van der Waals surface area contributed by atoms with Crippen LogP contribution in [0.1, 0.15) is 101 Å². The molecule has 2 fully saturated rings. The molecule has 0 aliphatic heterocycles. The van der Waals surface area contributed by atoms with Gasteiger partial charge in [-0.15, -0.1) is 0 Å². The first-order chi connectivity index (χ1) is 16.3.